The minimum absolute atomic E-state index is 0.109. The number of amides is 2. The molecule has 0 spiro atoms. The van der Waals surface area contributed by atoms with Crippen molar-refractivity contribution in [3.8, 4) is 0 Å². The summed E-state index contributed by atoms with van der Waals surface area (Å²) in [6, 6.07) is 16.0. The molecule has 140 valence electrons. The SMILES string of the molecule is Cc1ccc(CNC(=O)CCC(=O)N2CCC(c3ccccc3)=N2)c(C)c1. The molecule has 27 heavy (non-hydrogen) atoms. The van der Waals surface area contributed by atoms with Crippen molar-refractivity contribution >= 4 is 17.5 Å². The molecule has 1 aliphatic rings. The van der Waals surface area contributed by atoms with Crippen LogP contribution in [-0.2, 0) is 16.1 Å². The number of carbonyl (C=O) groups excluding carboxylic acids is 2. The Hall–Kier alpha value is -2.95. The maximum Gasteiger partial charge on any atom is 0.243 e. The lowest BCUT2D eigenvalue weighted by molar-refractivity contribution is -0.133. The first-order chi connectivity index (χ1) is 13.0. The number of hydrogen-bond donors (Lipinski definition) is 1. The fraction of sp³-hybridized carbons (Fsp3) is 0.318. The average molecular weight is 363 g/mol. The van der Waals surface area contributed by atoms with Crippen LogP contribution in [-0.4, -0.2) is 29.1 Å². The first-order valence-electron chi connectivity index (χ1n) is 9.29. The van der Waals surface area contributed by atoms with Crippen LogP contribution in [0.15, 0.2) is 53.6 Å². The lowest BCUT2D eigenvalue weighted by Crippen LogP contribution is -2.27. The summed E-state index contributed by atoms with van der Waals surface area (Å²) in [6.45, 7) is 5.14. The Balaban J connectivity index is 1.46. The van der Waals surface area contributed by atoms with Crippen LogP contribution < -0.4 is 5.32 Å². The molecule has 1 N–H and O–H groups in total. The number of nitrogens with one attached hydrogen (secondary N) is 1. The summed E-state index contributed by atoms with van der Waals surface area (Å²) in [5.74, 6) is -0.225. The number of rotatable bonds is 6. The number of benzene rings is 2. The van der Waals surface area contributed by atoms with Gasteiger partial charge in [-0.2, -0.15) is 5.10 Å². The van der Waals surface area contributed by atoms with Gasteiger partial charge in [0.15, 0.2) is 0 Å². The quantitative estimate of drug-likeness (QED) is 0.856. The number of nitrogens with zero attached hydrogens (tertiary/aromatic N) is 2. The molecule has 1 aliphatic heterocycles. The maximum atomic E-state index is 12.3. The lowest BCUT2D eigenvalue weighted by Gasteiger charge is -2.12. The first-order valence-corrected chi connectivity index (χ1v) is 9.29. The van der Waals surface area contributed by atoms with E-state index in [2.05, 4.69) is 16.5 Å². The lowest BCUT2D eigenvalue weighted by atomic mass is 10.1. The van der Waals surface area contributed by atoms with Crippen molar-refractivity contribution in [3.05, 3.63) is 70.8 Å². The molecular formula is C22H25N3O2. The average Bonchev–Trinajstić information content (AvgIpc) is 3.16. The van der Waals surface area contributed by atoms with E-state index in [1.54, 1.807) is 0 Å². The van der Waals surface area contributed by atoms with E-state index in [1.165, 1.54) is 10.6 Å². The van der Waals surface area contributed by atoms with E-state index in [0.717, 1.165) is 28.8 Å². The Kier molecular flexibility index (Phi) is 6.01. The molecule has 0 bridgehead atoms. The first kappa shape index (κ1) is 18.8. The Morgan fingerprint density at radius 1 is 1.07 bits per heavy atom. The van der Waals surface area contributed by atoms with Crippen LogP contribution in [0, 0.1) is 13.8 Å². The highest BCUT2D eigenvalue weighted by atomic mass is 16.2. The fourth-order valence-electron chi connectivity index (χ4n) is 3.15. The minimum Gasteiger partial charge on any atom is -0.352 e. The normalized spacial score (nSPS) is 13.4. The molecule has 2 amide bonds. The zero-order chi connectivity index (χ0) is 19.2. The van der Waals surface area contributed by atoms with E-state index in [-0.39, 0.29) is 24.7 Å². The third-order valence-corrected chi connectivity index (χ3v) is 4.74. The number of hydrazone groups is 1. The molecule has 5 nitrogen and oxygen atoms in total. The van der Waals surface area contributed by atoms with E-state index in [0.29, 0.717) is 13.1 Å². The maximum absolute atomic E-state index is 12.3. The van der Waals surface area contributed by atoms with Crippen LogP contribution >= 0.6 is 0 Å². The molecule has 0 atom stereocenters. The van der Waals surface area contributed by atoms with Crippen molar-refractivity contribution in [2.24, 2.45) is 5.10 Å². The highest BCUT2D eigenvalue weighted by molar-refractivity contribution is 6.02. The molecule has 3 rings (SSSR count). The van der Waals surface area contributed by atoms with Crippen LogP contribution in [0.25, 0.3) is 0 Å². The van der Waals surface area contributed by atoms with Gasteiger partial charge in [-0.25, -0.2) is 5.01 Å². The van der Waals surface area contributed by atoms with Gasteiger partial charge in [0, 0.05) is 25.8 Å². The van der Waals surface area contributed by atoms with Crippen LogP contribution in [0.3, 0.4) is 0 Å². The smallest absolute Gasteiger partial charge is 0.243 e. The second kappa shape index (κ2) is 8.62. The van der Waals surface area contributed by atoms with Crippen molar-refractivity contribution in [2.75, 3.05) is 6.54 Å². The molecular weight excluding hydrogens is 338 g/mol. The van der Waals surface area contributed by atoms with Gasteiger partial charge in [-0.1, -0.05) is 54.1 Å². The largest absolute Gasteiger partial charge is 0.352 e. The molecule has 0 aliphatic carbocycles. The van der Waals surface area contributed by atoms with Gasteiger partial charge in [-0.15, -0.1) is 0 Å². The molecule has 5 heteroatoms. The van der Waals surface area contributed by atoms with E-state index < -0.39 is 0 Å². The fourth-order valence-corrected chi connectivity index (χ4v) is 3.15. The third kappa shape index (κ3) is 5.03. The topological polar surface area (TPSA) is 61.8 Å². The summed E-state index contributed by atoms with van der Waals surface area (Å²) in [5, 5.41) is 8.80. The Morgan fingerprint density at radius 3 is 2.59 bits per heavy atom. The number of aryl methyl sites for hydroxylation is 2. The van der Waals surface area contributed by atoms with Gasteiger partial charge in [0.1, 0.15) is 0 Å². The zero-order valence-electron chi connectivity index (χ0n) is 15.9. The monoisotopic (exact) mass is 363 g/mol. The second-order valence-corrected chi connectivity index (χ2v) is 6.89. The predicted octanol–water partition coefficient (Wildman–Crippen LogP) is 3.34. The summed E-state index contributed by atoms with van der Waals surface area (Å²) >= 11 is 0. The molecule has 2 aromatic carbocycles. The summed E-state index contributed by atoms with van der Waals surface area (Å²) in [5.41, 5.74) is 5.42. The third-order valence-electron chi connectivity index (χ3n) is 4.74. The van der Waals surface area contributed by atoms with E-state index >= 15 is 0 Å². The summed E-state index contributed by atoms with van der Waals surface area (Å²) < 4.78 is 0. The standard InChI is InChI=1S/C22H25N3O2/c1-16-8-9-19(17(2)14-16)15-23-21(26)10-11-22(27)25-13-12-20(24-25)18-6-4-3-5-7-18/h3-9,14H,10-13,15H2,1-2H3,(H,23,26). The Morgan fingerprint density at radius 2 is 1.85 bits per heavy atom. The second-order valence-electron chi connectivity index (χ2n) is 6.89. The highest BCUT2D eigenvalue weighted by Crippen LogP contribution is 2.15. The van der Waals surface area contributed by atoms with E-state index in [1.807, 2.05) is 56.3 Å². The predicted molar refractivity (Wildman–Crippen MR) is 106 cm³/mol. The number of hydrogen-bond acceptors (Lipinski definition) is 3. The van der Waals surface area contributed by atoms with Crippen molar-refractivity contribution in [3.63, 3.8) is 0 Å². The molecule has 0 radical (unpaired) electrons. The Labute approximate surface area is 160 Å². The molecule has 0 fully saturated rings. The molecule has 0 saturated heterocycles. The highest BCUT2D eigenvalue weighted by Gasteiger charge is 2.21. The van der Waals surface area contributed by atoms with Gasteiger partial charge in [0.2, 0.25) is 11.8 Å². The summed E-state index contributed by atoms with van der Waals surface area (Å²) in [6.07, 6.45) is 1.09. The van der Waals surface area contributed by atoms with Gasteiger partial charge in [-0.05, 0) is 30.5 Å². The van der Waals surface area contributed by atoms with Gasteiger partial charge in [-0.3, -0.25) is 9.59 Å². The number of carbonyl (C=O) groups is 2. The van der Waals surface area contributed by atoms with E-state index in [9.17, 15) is 9.59 Å². The zero-order valence-corrected chi connectivity index (χ0v) is 15.9. The Bertz CT molecular complexity index is 859. The van der Waals surface area contributed by atoms with Gasteiger partial charge >= 0.3 is 0 Å². The van der Waals surface area contributed by atoms with E-state index in [4.69, 9.17) is 0 Å². The molecule has 1 heterocycles. The van der Waals surface area contributed by atoms with Crippen molar-refractivity contribution in [1.82, 2.24) is 10.3 Å². The van der Waals surface area contributed by atoms with Crippen LogP contribution in [0.1, 0.15) is 41.5 Å². The van der Waals surface area contributed by atoms with Crippen LogP contribution in [0.2, 0.25) is 0 Å². The molecule has 0 unspecified atom stereocenters. The van der Waals surface area contributed by atoms with Crippen molar-refractivity contribution < 1.29 is 9.59 Å². The minimum atomic E-state index is -0.116. The molecule has 2 aromatic rings. The van der Waals surface area contributed by atoms with Gasteiger partial charge in [0.25, 0.3) is 0 Å². The van der Waals surface area contributed by atoms with Gasteiger partial charge < -0.3 is 5.32 Å². The summed E-state index contributed by atoms with van der Waals surface area (Å²) in [4.78, 5) is 24.4. The van der Waals surface area contributed by atoms with Crippen molar-refractivity contribution in [2.45, 2.75) is 39.7 Å². The summed E-state index contributed by atoms with van der Waals surface area (Å²) in [7, 11) is 0. The van der Waals surface area contributed by atoms with Crippen molar-refractivity contribution in [1.29, 1.82) is 0 Å². The van der Waals surface area contributed by atoms with Gasteiger partial charge in [0.05, 0.1) is 12.3 Å². The van der Waals surface area contributed by atoms with Crippen LogP contribution in [0.5, 0.6) is 0 Å². The van der Waals surface area contributed by atoms with Crippen LogP contribution in [0.4, 0.5) is 0 Å². The molecule has 0 saturated carbocycles. The molecule has 0 aromatic heterocycles.